The number of aromatic nitrogens is 2. The van der Waals surface area contributed by atoms with Crippen LogP contribution in [0, 0.1) is 0 Å². The summed E-state index contributed by atoms with van der Waals surface area (Å²) in [5.74, 6) is 1.34. The van der Waals surface area contributed by atoms with Crippen LogP contribution in [0.15, 0.2) is 43.1 Å². The Bertz CT molecular complexity index is 1050. The Morgan fingerprint density at radius 3 is 2.38 bits per heavy atom. The van der Waals surface area contributed by atoms with Gasteiger partial charge >= 0.3 is 0 Å². The van der Waals surface area contributed by atoms with Crippen molar-refractivity contribution in [2.45, 2.75) is 66.0 Å². The number of aryl methyl sites for hydroxylation is 1. The number of rotatable bonds is 12. The minimum absolute atomic E-state index is 0.0138. The summed E-state index contributed by atoms with van der Waals surface area (Å²) in [5.41, 5.74) is 3.40. The standard InChI is InChI=1S/C29H42N6O2/c1-6-11-27(37)35(10-5)28-23(7-2)21-31-29(32-28)30-20-22-12-14-24(15-13-22)25(8-3)33-16-18-34(19-17-33)26(36)9-4/h9,12-15,21,25H,4,6-8,10-11,16-20H2,1-3,5H3,(H,30,31,32). The molecule has 1 aromatic carbocycles. The number of hydrogen-bond donors (Lipinski definition) is 1. The quantitative estimate of drug-likeness (QED) is 0.424. The molecule has 0 spiro atoms. The van der Waals surface area contributed by atoms with Crippen LogP contribution < -0.4 is 10.2 Å². The molecule has 1 saturated heterocycles. The molecule has 1 N–H and O–H groups in total. The van der Waals surface area contributed by atoms with Crippen molar-refractivity contribution in [3.8, 4) is 0 Å². The van der Waals surface area contributed by atoms with Crippen molar-refractivity contribution in [3.63, 3.8) is 0 Å². The Morgan fingerprint density at radius 2 is 1.81 bits per heavy atom. The molecular weight excluding hydrogens is 464 g/mol. The first kappa shape index (κ1) is 28.3. The maximum atomic E-state index is 12.6. The van der Waals surface area contributed by atoms with Crippen LogP contribution in [0.4, 0.5) is 11.8 Å². The van der Waals surface area contributed by atoms with Crippen molar-refractivity contribution in [3.05, 3.63) is 59.8 Å². The molecule has 0 bridgehead atoms. The molecule has 1 aromatic heterocycles. The van der Waals surface area contributed by atoms with Gasteiger partial charge in [-0.3, -0.25) is 19.4 Å². The van der Waals surface area contributed by atoms with E-state index in [1.165, 1.54) is 11.6 Å². The third-order valence-electron chi connectivity index (χ3n) is 7.00. The third-order valence-corrected chi connectivity index (χ3v) is 7.00. The normalized spacial score (nSPS) is 14.8. The van der Waals surface area contributed by atoms with E-state index in [4.69, 9.17) is 4.98 Å². The van der Waals surface area contributed by atoms with E-state index in [9.17, 15) is 9.59 Å². The summed E-state index contributed by atoms with van der Waals surface area (Å²) in [6, 6.07) is 9.01. The van der Waals surface area contributed by atoms with Gasteiger partial charge in [0.1, 0.15) is 5.82 Å². The first-order valence-corrected chi connectivity index (χ1v) is 13.6. The number of carbonyl (C=O) groups excluding carboxylic acids is 2. The van der Waals surface area contributed by atoms with Gasteiger partial charge in [0.25, 0.3) is 0 Å². The van der Waals surface area contributed by atoms with Gasteiger partial charge in [-0.15, -0.1) is 0 Å². The topological polar surface area (TPSA) is 81.7 Å². The summed E-state index contributed by atoms with van der Waals surface area (Å²) in [7, 11) is 0. The highest BCUT2D eigenvalue weighted by molar-refractivity contribution is 5.93. The molecule has 1 unspecified atom stereocenters. The van der Waals surface area contributed by atoms with Gasteiger partial charge in [-0.1, -0.05) is 51.6 Å². The molecule has 37 heavy (non-hydrogen) atoms. The van der Waals surface area contributed by atoms with Crippen molar-refractivity contribution in [1.82, 2.24) is 19.8 Å². The van der Waals surface area contributed by atoms with Crippen LogP contribution in [0.1, 0.15) is 69.7 Å². The van der Waals surface area contributed by atoms with E-state index in [-0.39, 0.29) is 11.8 Å². The van der Waals surface area contributed by atoms with E-state index in [2.05, 4.69) is 59.9 Å². The summed E-state index contributed by atoms with van der Waals surface area (Å²) in [4.78, 5) is 39.8. The SMILES string of the molecule is C=CC(=O)N1CCN(C(CC)c2ccc(CNc3ncc(CC)c(N(CC)C(=O)CCC)n3)cc2)CC1. The first-order chi connectivity index (χ1) is 17.9. The lowest BCUT2D eigenvalue weighted by Crippen LogP contribution is -2.49. The number of hydrogen-bond acceptors (Lipinski definition) is 6. The Balaban J connectivity index is 1.65. The molecule has 1 atom stereocenters. The zero-order valence-corrected chi connectivity index (χ0v) is 22.9. The second-order valence-corrected chi connectivity index (χ2v) is 9.37. The predicted octanol–water partition coefficient (Wildman–Crippen LogP) is 4.59. The highest BCUT2D eigenvalue weighted by Gasteiger charge is 2.25. The van der Waals surface area contributed by atoms with Crippen molar-refractivity contribution >= 4 is 23.6 Å². The van der Waals surface area contributed by atoms with Gasteiger partial charge in [0.15, 0.2) is 0 Å². The number of benzene rings is 1. The van der Waals surface area contributed by atoms with Crippen LogP contribution in [-0.2, 0) is 22.6 Å². The molecule has 8 heteroatoms. The van der Waals surface area contributed by atoms with Crippen molar-refractivity contribution in [2.24, 2.45) is 0 Å². The summed E-state index contributed by atoms with van der Waals surface area (Å²) in [5, 5.41) is 3.33. The number of anilines is 2. The molecular formula is C29H42N6O2. The molecule has 2 amide bonds. The number of nitrogens with one attached hydrogen (secondary N) is 1. The molecule has 0 aliphatic carbocycles. The van der Waals surface area contributed by atoms with Crippen LogP contribution in [-0.4, -0.2) is 64.3 Å². The number of amides is 2. The molecule has 1 aliphatic rings. The molecule has 1 fully saturated rings. The van der Waals surface area contributed by atoms with E-state index in [0.717, 1.165) is 56.6 Å². The fourth-order valence-electron chi connectivity index (χ4n) is 4.89. The molecule has 2 heterocycles. The molecule has 3 rings (SSSR count). The van der Waals surface area contributed by atoms with E-state index in [0.29, 0.717) is 37.3 Å². The highest BCUT2D eigenvalue weighted by atomic mass is 16.2. The van der Waals surface area contributed by atoms with Gasteiger partial charge in [-0.25, -0.2) is 4.98 Å². The maximum absolute atomic E-state index is 12.6. The van der Waals surface area contributed by atoms with E-state index in [1.54, 1.807) is 4.90 Å². The predicted molar refractivity (Wildman–Crippen MR) is 149 cm³/mol. The molecule has 200 valence electrons. The van der Waals surface area contributed by atoms with Gasteiger partial charge < -0.3 is 10.2 Å². The fraction of sp³-hybridized carbons (Fsp3) is 0.517. The minimum Gasteiger partial charge on any atom is -0.350 e. The highest BCUT2D eigenvalue weighted by Crippen LogP contribution is 2.26. The van der Waals surface area contributed by atoms with Crippen LogP contribution in [0.5, 0.6) is 0 Å². The molecule has 0 radical (unpaired) electrons. The average molecular weight is 507 g/mol. The van der Waals surface area contributed by atoms with Gasteiger partial charge in [0.05, 0.1) is 0 Å². The number of piperazine rings is 1. The summed E-state index contributed by atoms with van der Waals surface area (Å²) >= 11 is 0. The number of nitrogens with zero attached hydrogens (tertiary/aromatic N) is 5. The van der Waals surface area contributed by atoms with Crippen molar-refractivity contribution in [1.29, 1.82) is 0 Å². The second kappa shape index (κ2) is 13.9. The molecule has 1 aliphatic heterocycles. The Labute approximate surface area is 221 Å². The smallest absolute Gasteiger partial charge is 0.246 e. The van der Waals surface area contributed by atoms with Crippen LogP contribution in [0.3, 0.4) is 0 Å². The fourth-order valence-corrected chi connectivity index (χ4v) is 4.89. The lowest BCUT2D eigenvalue weighted by atomic mass is 10.0. The van der Waals surface area contributed by atoms with Crippen molar-refractivity contribution in [2.75, 3.05) is 42.9 Å². The summed E-state index contributed by atoms with van der Waals surface area (Å²) < 4.78 is 0. The van der Waals surface area contributed by atoms with Gasteiger partial charge in [0, 0.05) is 63.5 Å². The first-order valence-electron chi connectivity index (χ1n) is 13.6. The van der Waals surface area contributed by atoms with Crippen LogP contribution in [0.25, 0.3) is 0 Å². The van der Waals surface area contributed by atoms with E-state index in [1.807, 2.05) is 24.9 Å². The van der Waals surface area contributed by atoms with Crippen LogP contribution in [0.2, 0.25) is 0 Å². The third kappa shape index (κ3) is 7.16. The van der Waals surface area contributed by atoms with Gasteiger partial charge in [-0.2, -0.15) is 4.98 Å². The molecule has 8 nitrogen and oxygen atoms in total. The minimum atomic E-state index is 0.0138. The van der Waals surface area contributed by atoms with Gasteiger partial charge in [-0.05, 0) is 43.4 Å². The van der Waals surface area contributed by atoms with Crippen LogP contribution >= 0.6 is 0 Å². The lowest BCUT2D eigenvalue weighted by molar-refractivity contribution is -0.128. The largest absolute Gasteiger partial charge is 0.350 e. The number of carbonyl (C=O) groups is 2. The lowest BCUT2D eigenvalue weighted by Gasteiger charge is -2.39. The monoisotopic (exact) mass is 506 g/mol. The average Bonchev–Trinajstić information content (AvgIpc) is 2.93. The van der Waals surface area contributed by atoms with E-state index >= 15 is 0 Å². The maximum Gasteiger partial charge on any atom is 0.246 e. The Hall–Kier alpha value is -3.26. The zero-order valence-electron chi connectivity index (χ0n) is 22.9. The summed E-state index contributed by atoms with van der Waals surface area (Å²) in [6.45, 7) is 16.2. The molecule has 0 saturated carbocycles. The Kier molecular flexibility index (Phi) is 10.6. The zero-order chi connectivity index (χ0) is 26.8. The second-order valence-electron chi connectivity index (χ2n) is 9.37. The molecule has 2 aromatic rings. The van der Waals surface area contributed by atoms with Gasteiger partial charge in [0.2, 0.25) is 17.8 Å². The van der Waals surface area contributed by atoms with Crippen molar-refractivity contribution < 1.29 is 9.59 Å². The summed E-state index contributed by atoms with van der Waals surface area (Å²) in [6.07, 6.45) is 6.33. The Morgan fingerprint density at radius 1 is 1.11 bits per heavy atom. The van der Waals surface area contributed by atoms with E-state index < -0.39 is 0 Å².